The molecule has 0 atom stereocenters. The molecule has 6 nitrogen and oxygen atoms in total. The van der Waals surface area contributed by atoms with Crippen molar-refractivity contribution in [2.75, 3.05) is 14.1 Å². The predicted octanol–water partition coefficient (Wildman–Crippen LogP) is 1.98. The molecule has 0 saturated heterocycles. The number of carbonyl (C=O) groups excluding carboxylic acids is 1. The molecule has 0 aliphatic heterocycles. The van der Waals surface area contributed by atoms with Crippen molar-refractivity contribution in [3.8, 4) is 0 Å². The first-order valence-electron chi connectivity index (χ1n) is 6.79. The van der Waals surface area contributed by atoms with Crippen LogP contribution in [-0.4, -0.2) is 39.6 Å². The fraction of sp³-hybridized carbons (Fsp3) is 0.188. The second kappa shape index (κ2) is 8.60. The zero-order valence-corrected chi connectivity index (χ0v) is 13.8. The van der Waals surface area contributed by atoms with Crippen LogP contribution in [0.5, 0.6) is 0 Å². The third kappa shape index (κ3) is 7.21. The largest absolute Gasteiger partial charge is 0.466 e. The van der Waals surface area contributed by atoms with Crippen molar-refractivity contribution in [2.24, 2.45) is 0 Å². The summed E-state index contributed by atoms with van der Waals surface area (Å²) in [4.78, 5) is 35.6. The Balaban J connectivity index is 0.000000463. The molecule has 0 unspecified atom stereocenters. The van der Waals surface area contributed by atoms with Gasteiger partial charge in [0, 0.05) is 14.1 Å². The summed E-state index contributed by atoms with van der Waals surface area (Å²) in [5, 5.41) is 0. The van der Waals surface area contributed by atoms with Crippen LogP contribution in [0.4, 0.5) is 0 Å². The average Bonchev–Trinajstić information content (AvgIpc) is 2.48. The minimum atomic E-state index is -4.64. The fourth-order valence-corrected chi connectivity index (χ4v) is 2.03. The number of hydrogen-bond acceptors (Lipinski definition) is 2. The molecule has 1 amide bonds. The molecule has 2 aromatic carbocycles. The van der Waals surface area contributed by atoms with E-state index < -0.39 is 7.82 Å². The minimum Gasteiger partial charge on any atom is -0.348 e. The first-order chi connectivity index (χ1) is 10.7. The molecule has 3 N–H and O–H groups in total. The number of hydrogen-bond donors (Lipinski definition) is 3. The zero-order valence-electron chi connectivity index (χ0n) is 12.9. The summed E-state index contributed by atoms with van der Waals surface area (Å²) < 4.78 is 8.88. The van der Waals surface area contributed by atoms with Crippen LogP contribution >= 0.6 is 7.82 Å². The maximum atomic E-state index is 12.4. The first-order valence-corrected chi connectivity index (χ1v) is 8.36. The van der Waals surface area contributed by atoms with E-state index in [-0.39, 0.29) is 11.8 Å². The molecule has 0 spiro atoms. The Morgan fingerprint density at radius 1 is 0.870 bits per heavy atom. The minimum absolute atomic E-state index is 0.104. The Kier molecular flexibility index (Phi) is 7.13. The molecule has 0 aliphatic rings. The van der Waals surface area contributed by atoms with Gasteiger partial charge in [-0.15, -0.1) is 0 Å². The fourth-order valence-electron chi connectivity index (χ4n) is 2.03. The maximum Gasteiger partial charge on any atom is 0.466 e. The lowest BCUT2D eigenvalue weighted by atomic mass is 9.90. The van der Waals surface area contributed by atoms with Gasteiger partial charge in [-0.25, -0.2) is 4.57 Å². The highest BCUT2D eigenvalue weighted by Gasteiger charge is 2.23. The average molecular weight is 337 g/mol. The van der Waals surface area contributed by atoms with Crippen molar-refractivity contribution in [1.82, 2.24) is 4.90 Å². The van der Waals surface area contributed by atoms with Crippen LogP contribution in [0.25, 0.3) is 0 Å². The summed E-state index contributed by atoms with van der Waals surface area (Å²) in [7, 11) is -1.05. The summed E-state index contributed by atoms with van der Waals surface area (Å²) in [6.07, 6.45) is 0. The van der Waals surface area contributed by atoms with Gasteiger partial charge in [0.15, 0.2) is 0 Å². The number of nitrogens with zero attached hydrogens (tertiary/aromatic N) is 1. The van der Waals surface area contributed by atoms with Crippen LogP contribution in [0, 0.1) is 0 Å². The molecule has 0 heterocycles. The van der Waals surface area contributed by atoms with Gasteiger partial charge in [-0.2, -0.15) is 0 Å². The molecule has 124 valence electrons. The van der Waals surface area contributed by atoms with Crippen LogP contribution in [0.3, 0.4) is 0 Å². The second-order valence-corrected chi connectivity index (χ2v) is 6.03. The van der Waals surface area contributed by atoms with Crippen molar-refractivity contribution in [3.05, 3.63) is 71.8 Å². The van der Waals surface area contributed by atoms with Crippen molar-refractivity contribution >= 4 is 13.7 Å². The zero-order chi connectivity index (χ0) is 17.5. The van der Waals surface area contributed by atoms with Gasteiger partial charge in [0.1, 0.15) is 0 Å². The second-order valence-electron chi connectivity index (χ2n) is 5.00. The van der Waals surface area contributed by atoms with Crippen molar-refractivity contribution in [3.63, 3.8) is 0 Å². The van der Waals surface area contributed by atoms with E-state index in [2.05, 4.69) is 0 Å². The predicted molar refractivity (Wildman–Crippen MR) is 87.7 cm³/mol. The standard InChI is InChI=1S/C16H17NO.H3O4P/c1-17(2)16(18)15(13-9-5-3-6-10-13)14-11-7-4-8-12-14;1-5(2,3)4/h3-12,15H,1-2H3;(H3,1,2,3,4). The lowest BCUT2D eigenvalue weighted by Gasteiger charge is -2.21. The monoisotopic (exact) mass is 337 g/mol. The summed E-state index contributed by atoms with van der Waals surface area (Å²) in [6.45, 7) is 0. The quantitative estimate of drug-likeness (QED) is 0.744. The van der Waals surface area contributed by atoms with Crippen LogP contribution in [0.2, 0.25) is 0 Å². The number of amides is 1. The Morgan fingerprint density at radius 2 is 1.17 bits per heavy atom. The molecule has 0 bridgehead atoms. The molecule has 0 saturated carbocycles. The van der Waals surface area contributed by atoms with E-state index in [0.717, 1.165) is 11.1 Å². The molecule has 2 rings (SSSR count). The van der Waals surface area contributed by atoms with Crippen LogP contribution < -0.4 is 0 Å². The summed E-state index contributed by atoms with van der Waals surface area (Å²) in [5.41, 5.74) is 2.06. The van der Waals surface area contributed by atoms with E-state index in [4.69, 9.17) is 19.2 Å². The van der Waals surface area contributed by atoms with Crippen molar-refractivity contribution in [2.45, 2.75) is 5.92 Å². The number of benzene rings is 2. The van der Waals surface area contributed by atoms with E-state index in [1.165, 1.54) is 0 Å². The topological polar surface area (TPSA) is 98.1 Å². The molecule has 0 aliphatic carbocycles. The number of likely N-dealkylation sites (N-methyl/N-ethyl adjacent to an activating group) is 1. The number of rotatable bonds is 3. The SMILES string of the molecule is CN(C)C(=O)C(c1ccccc1)c1ccccc1.O=P(O)(O)O. The van der Waals surface area contributed by atoms with E-state index in [1.807, 2.05) is 60.7 Å². The molecular weight excluding hydrogens is 317 g/mol. The Morgan fingerprint density at radius 3 is 1.43 bits per heavy atom. The summed E-state index contributed by atoms with van der Waals surface area (Å²) in [6, 6.07) is 19.8. The smallest absolute Gasteiger partial charge is 0.348 e. The maximum absolute atomic E-state index is 12.4. The highest BCUT2D eigenvalue weighted by atomic mass is 31.2. The van der Waals surface area contributed by atoms with Gasteiger partial charge < -0.3 is 19.6 Å². The third-order valence-electron chi connectivity index (χ3n) is 2.95. The van der Waals surface area contributed by atoms with E-state index in [9.17, 15) is 4.79 Å². The molecule has 0 radical (unpaired) electrons. The van der Waals surface area contributed by atoms with Gasteiger partial charge in [0.2, 0.25) is 5.91 Å². The molecule has 2 aromatic rings. The first kappa shape index (κ1) is 19.1. The lowest BCUT2D eigenvalue weighted by molar-refractivity contribution is -0.129. The Labute approximate surface area is 135 Å². The summed E-state index contributed by atoms with van der Waals surface area (Å²) >= 11 is 0. The number of phosphoric acid groups is 1. The van der Waals surface area contributed by atoms with Gasteiger partial charge in [0.05, 0.1) is 5.92 Å². The highest BCUT2D eigenvalue weighted by molar-refractivity contribution is 7.45. The van der Waals surface area contributed by atoms with Gasteiger partial charge in [-0.3, -0.25) is 4.79 Å². The van der Waals surface area contributed by atoms with Gasteiger partial charge in [-0.1, -0.05) is 60.7 Å². The lowest BCUT2D eigenvalue weighted by Crippen LogP contribution is -2.28. The van der Waals surface area contributed by atoms with Gasteiger partial charge in [0.25, 0.3) is 0 Å². The van der Waals surface area contributed by atoms with Gasteiger partial charge in [-0.05, 0) is 11.1 Å². The Bertz CT molecular complexity index is 607. The Hall–Kier alpha value is -1.98. The molecule has 0 aromatic heterocycles. The van der Waals surface area contributed by atoms with E-state index in [1.54, 1.807) is 19.0 Å². The van der Waals surface area contributed by atoms with Crippen LogP contribution in [0.15, 0.2) is 60.7 Å². The molecule has 0 fully saturated rings. The van der Waals surface area contributed by atoms with E-state index in [0.29, 0.717) is 0 Å². The van der Waals surface area contributed by atoms with Gasteiger partial charge >= 0.3 is 7.82 Å². The van der Waals surface area contributed by atoms with E-state index >= 15 is 0 Å². The summed E-state index contributed by atoms with van der Waals surface area (Å²) in [5.74, 6) is -0.116. The molecule has 7 heteroatoms. The molecule has 23 heavy (non-hydrogen) atoms. The third-order valence-corrected chi connectivity index (χ3v) is 2.95. The van der Waals surface area contributed by atoms with Crippen molar-refractivity contribution < 1.29 is 24.0 Å². The highest BCUT2D eigenvalue weighted by Crippen LogP contribution is 2.26. The van der Waals surface area contributed by atoms with Crippen LogP contribution in [-0.2, 0) is 9.36 Å². The van der Waals surface area contributed by atoms with Crippen LogP contribution in [0.1, 0.15) is 17.0 Å². The van der Waals surface area contributed by atoms with Crippen molar-refractivity contribution in [1.29, 1.82) is 0 Å². The number of carbonyl (C=O) groups is 1. The molecular formula is C16H20NO5P. The normalized spacial score (nSPS) is 10.7.